The third kappa shape index (κ3) is 7.52. The second kappa shape index (κ2) is 14.4. The van der Waals surface area contributed by atoms with Crippen molar-refractivity contribution in [1.29, 1.82) is 0 Å². The minimum atomic E-state index is -2.79. The highest BCUT2D eigenvalue weighted by Crippen LogP contribution is 2.35. The van der Waals surface area contributed by atoms with Crippen molar-refractivity contribution in [2.24, 2.45) is 0 Å². The standard InChI is InChI=1S/C23H39NO18/c1-7(27)24-14-9(29)3-23(22(36)37,42-20(14)15(32)10(30)4-25)38-6-12-16(33)17(34)18(35)21(40-12)41-19-8(28)2-13(31)39-11(19)5-26/h8-21,25-26,28-35H,2-6H2,1H3,(H,24,27)(H,36,37)/t8-,9+,10-,11-,12-,13+,14-,15-,16+,17+,18-,19-,20-,21+,23-/m1/s1. The SMILES string of the molecule is CC(=O)N[C@H]1[C@H]([C@H](O)[C@H](O)CO)O[C@@](OC[C@H]2O[C@@H](O[C@@H]3[C@H](O)C[C@@H](O)O[C@@H]3CO)[C@H](O)[C@@H](O)[C@H]2O)(C(=O)O)C[C@@H]1O. The molecule has 0 spiro atoms. The Kier molecular flexibility index (Phi) is 12.0. The first-order valence-corrected chi connectivity index (χ1v) is 13.1. The van der Waals surface area contributed by atoms with Crippen LogP contribution < -0.4 is 5.32 Å². The van der Waals surface area contributed by atoms with Crippen LogP contribution in [0.1, 0.15) is 19.8 Å². The van der Waals surface area contributed by atoms with Gasteiger partial charge in [0.25, 0.3) is 5.79 Å². The number of carbonyl (C=O) groups is 2. The van der Waals surface area contributed by atoms with Crippen LogP contribution in [-0.4, -0.2) is 179 Å². The van der Waals surface area contributed by atoms with E-state index in [4.69, 9.17) is 23.7 Å². The van der Waals surface area contributed by atoms with Crippen LogP contribution in [0.3, 0.4) is 0 Å². The molecule has 3 rings (SSSR count). The number of hydrogen-bond acceptors (Lipinski definition) is 17. The van der Waals surface area contributed by atoms with Gasteiger partial charge in [0.1, 0.15) is 54.9 Å². The molecule has 0 aromatic rings. The van der Waals surface area contributed by atoms with Crippen molar-refractivity contribution in [3.63, 3.8) is 0 Å². The number of aliphatic hydroxyl groups is 10. The number of ether oxygens (including phenoxy) is 5. The summed E-state index contributed by atoms with van der Waals surface area (Å²) in [6.45, 7) is -1.56. The van der Waals surface area contributed by atoms with Gasteiger partial charge in [-0.2, -0.15) is 0 Å². The van der Waals surface area contributed by atoms with Gasteiger partial charge in [0.15, 0.2) is 12.6 Å². The Morgan fingerprint density at radius 3 is 2.21 bits per heavy atom. The Bertz CT molecular complexity index is 913. The summed E-state index contributed by atoms with van der Waals surface area (Å²) in [6, 6.07) is -1.46. The fourth-order valence-electron chi connectivity index (χ4n) is 5.06. The van der Waals surface area contributed by atoms with Crippen molar-refractivity contribution >= 4 is 11.9 Å². The van der Waals surface area contributed by atoms with Crippen LogP contribution in [0.5, 0.6) is 0 Å². The maximum atomic E-state index is 12.3. The summed E-state index contributed by atoms with van der Waals surface area (Å²) in [6.07, 6.45) is -23.4. The third-order valence-corrected chi connectivity index (χ3v) is 7.33. The monoisotopic (exact) mass is 617 g/mol. The van der Waals surface area contributed by atoms with E-state index in [0.29, 0.717) is 0 Å². The summed E-state index contributed by atoms with van der Waals surface area (Å²) in [5, 5.41) is 114. The number of aliphatic hydroxyl groups excluding tert-OH is 10. The van der Waals surface area contributed by atoms with E-state index in [9.17, 15) is 65.8 Å². The highest BCUT2D eigenvalue weighted by atomic mass is 16.8. The molecule has 15 atom stereocenters. The lowest BCUT2D eigenvalue weighted by atomic mass is 9.88. The first-order valence-electron chi connectivity index (χ1n) is 13.1. The van der Waals surface area contributed by atoms with E-state index < -0.39 is 130 Å². The molecule has 0 radical (unpaired) electrons. The molecular formula is C23H39NO18. The van der Waals surface area contributed by atoms with E-state index in [-0.39, 0.29) is 6.42 Å². The highest BCUT2D eigenvalue weighted by Gasteiger charge is 2.57. The van der Waals surface area contributed by atoms with Crippen molar-refractivity contribution in [2.75, 3.05) is 19.8 Å². The summed E-state index contributed by atoms with van der Waals surface area (Å²) < 4.78 is 27.0. The zero-order valence-corrected chi connectivity index (χ0v) is 22.4. The zero-order valence-electron chi connectivity index (χ0n) is 22.4. The predicted octanol–water partition coefficient (Wildman–Crippen LogP) is -7.19. The average Bonchev–Trinajstić information content (AvgIpc) is 2.93. The van der Waals surface area contributed by atoms with Gasteiger partial charge in [0.05, 0.1) is 38.1 Å². The Morgan fingerprint density at radius 1 is 0.976 bits per heavy atom. The Labute approximate surface area is 238 Å². The van der Waals surface area contributed by atoms with Gasteiger partial charge in [-0.1, -0.05) is 0 Å². The Balaban J connectivity index is 1.80. The summed E-state index contributed by atoms with van der Waals surface area (Å²) >= 11 is 0. The van der Waals surface area contributed by atoms with Gasteiger partial charge < -0.3 is 85.2 Å². The molecule has 244 valence electrons. The zero-order chi connectivity index (χ0) is 31.5. The maximum absolute atomic E-state index is 12.3. The largest absolute Gasteiger partial charge is 0.477 e. The molecule has 12 N–H and O–H groups in total. The molecule has 19 nitrogen and oxygen atoms in total. The number of hydrogen-bond donors (Lipinski definition) is 12. The first-order chi connectivity index (χ1) is 19.6. The molecule has 1 amide bonds. The minimum Gasteiger partial charge on any atom is -0.477 e. The van der Waals surface area contributed by atoms with E-state index in [1.54, 1.807) is 0 Å². The molecule has 19 heteroatoms. The Morgan fingerprint density at radius 2 is 1.64 bits per heavy atom. The van der Waals surface area contributed by atoms with Crippen molar-refractivity contribution < 1.29 is 89.4 Å². The molecular weight excluding hydrogens is 578 g/mol. The van der Waals surface area contributed by atoms with Crippen LogP contribution >= 0.6 is 0 Å². The van der Waals surface area contributed by atoms with E-state index in [1.165, 1.54) is 0 Å². The molecule has 3 aliphatic heterocycles. The van der Waals surface area contributed by atoms with Gasteiger partial charge in [0.2, 0.25) is 5.91 Å². The Hall–Kier alpha value is -1.66. The van der Waals surface area contributed by atoms with E-state index in [0.717, 1.165) is 6.92 Å². The molecule has 3 saturated heterocycles. The number of carboxylic acids is 1. The molecule has 42 heavy (non-hydrogen) atoms. The van der Waals surface area contributed by atoms with Gasteiger partial charge in [-0.3, -0.25) is 4.79 Å². The molecule has 0 saturated carbocycles. The molecule has 3 aliphatic rings. The normalized spacial score (nSPS) is 44.3. The van der Waals surface area contributed by atoms with Crippen molar-refractivity contribution in [2.45, 2.75) is 111 Å². The lowest BCUT2D eigenvalue weighted by Gasteiger charge is -2.47. The highest BCUT2D eigenvalue weighted by molar-refractivity contribution is 5.76. The van der Waals surface area contributed by atoms with Crippen LogP contribution in [0.2, 0.25) is 0 Å². The van der Waals surface area contributed by atoms with Crippen molar-refractivity contribution in [3.05, 3.63) is 0 Å². The van der Waals surface area contributed by atoms with Crippen LogP contribution in [0.25, 0.3) is 0 Å². The number of amides is 1. The minimum absolute atomic E-state index is 0.333. The number of aliphatic carboxylic acids is 1. The number of carbonyl (C=O) groups excluding carboxylic acids is 1. The summed E-state index contributed by atoms with van der Waals surface area (Å²) in [5.41, 5.74) is 0. The van der Waals surface area contributed by atoms with E-state index in [1.807, 2.05) is 0 Å². The van der Waals surface area contributed by atoms with Crippen LogP contribution in [0.15, 0.2) is 0 Å². The summed E-state index contributed by atoms with van der Waals surface area (Å²) in [4.78, 5) is 24.0. The molecule has 3 fully saturated rings. The van der Waals surface area contributed by atoms with Gasteiger partial charge in [-0.25, -0.2) is 4.79 Å². The van der Waals surface area contributed by atoms with Gasteiger partial charge in [0, 0.05) is 19.8 Å². The topological polar surface area (TPSA) is 315 Å². The van der Waals surface area contributed by atoms with Gasteiger partial charge in [-0.05, 0) is 0 Å². The third-order valence-electron chi connectivity index (χ3n) is 7.33. The van der Waals surface area contributed by atoms with Crippen molar-refractivity contribution in [3.8, 4) is 0 Å². The quantitative estimate of drug-likeness (QED) is 0.102. The lowest BCUT2D eigenvalue weighted by molar-refractivity contribution is -0.356. The van der Waals surface area contributed by atoms with E-state index in [2.05, 4.69) is 5.32 Å². The maximum Gasteiger partial charge on any atom is 0.364 e. The fourth-order valence-corrected chi connectivity index (χ4v) is 5.06. The first kappa shape index (κ1) is 34.8. The summed E-state index contributed by atoms with van der Waals surface area (Å²) in [7, 11) is 0. The molecule has 0 aliphatic carbocycles. The molecule has 0 unspecified atom stereocenters. The second-order valence-electron chi connectivity index (χ2n) is 10.4. The lowest BCUT2D eigenvalue weighted by Crippen LogP contribution is -2.68. The van der Waals surface area contributed by atoms with Gasteiger partial charge in [-0.15, -0.1) is 0 Å². The fraction of sp³-hybridized carbons (Fsp3) is 0.913. The van der Waals surface area contributed by atoms with Crippen molar-refractivity contribution in [1.82, 2.24) is 5.32 Å². The summed E-state index contributed by atoms with van der Waals surface area (Å²) in [5.74, 6) is -5.34. The predicted molar refractivity (Wildman–Crippen MR) is 129 cm³/mol. The average molecular weight is 618 g/mol. The molecule has 3 heterocycles. The second-order valence-corrected chi connectivity index (χ2v) is 10.4. The number of rotatable bonds is 11. The number of nitrogens with one attached hydrogen (secondary N) is 1. The molecule has 0 aromatic heterocycles. The smallest absolute Gasteiger partial charge is 0.364 e. The number of carboxylic acid groups (broad SMARTS) is 1. The van der Waals surface area contributed by atoms with Crippen LogP contribution in [0.4, 0.5) is 0 Å². The molecule has 0 aromatic carbocycles. The molecule has 0 bridgehead atoms. The van der Waals surface area contributed by atoms with Gasteiger partial charge >= 0.3 is 5.97 Å². The van der Waals surface area contributed by atoms with E-state index >= 15 is 0 Å². The van der Waals surface area contributed by atoms with Crippen LogP contribution in [-0.2, 0) is 33.3 Å². The van der Waals surface area contributed by atoms with Crippen LogP contribution in [0, 0.1) is 0 Å².